The summed E-state index contributed by atoms with van der Waals surface area (Å²) in [6.45, 7) is 3.13. The number of pyridine rings is 1. The minimum atomic E-state index is -0.332. The number of piperidine rings is 1. The number of nitrogens with one attached hydrogen (secondary N) is 2. The van der Waals surface area contributed by atoms with Crippen molar-refractivity contribution in [2.75, 3.05) is 32.1 Å². The first kappa shape index (κ1) is 13.8. The number of rotatable bonds is 5. The van der Waals surface area contributed by atoms with Crippen molar-refractivity contribution in [3.05, 3.63) is 23.9 Å². The van der Waals surface area contributed by atoms with Crippen molar-refractivity contribution in [1.82, 2.24) is 10.3 Å². The molecule has 1 aromatic heterocycles. The maximum atomic E-state index is 11.4. The molecule has 1 fully saturated rings. The minimum Gasteiger partial charge on any atom is -0.465 e. The summed E-state index contributed by atoms with van der Waals surface area (Å²) in [7, 11) is 1.38. The van der Waals surface area contributed by atoms with E-state index in [4.69, 9.17) is 0 Å². The van der Waals surface area contributed by atoms with Crippen molar-refractivity contribution in [3.63, 3.8) is 0 Å². The molecular formula is C14H21N3O2. The van der Waals surface area contributed by atoms with Crippen LogP contribution in [0.5, 0.6) is 0 Å². The highest BCUT2D eigenvalue weighted by Crippen LogP contribution is 2.14. The third-order valence-electron chi connectivity index (χ3n) is 3.44. The Morgan fingerprint density at radius 3 is 3.26 bits per heavy atom. The number of hydrogen-bond donors (Lipinski definition) is 2. The second-order valence-corrected chi connectivity index (χ2v) is 4.85. The Kier molecular flexibility index (Phi) is 5.15. The Labute approximate surface area is 113 Å². The number of aromatic nitrogens is 1. The molecule has 1 aliphatic heterocycles. The molecule has 2 heterocycles. The topological polar surface area (TPSA) is 63.2 Å². The summed E-state index contributed by atoms with van der Waals surface area (Å²) in [4.78, 5) is 15.6. The Hall–Kier alpha value is -1.62. The maximum Gasteiger partial charge on any atom is 0.338 e. The van der Waals surface area contributed by atoms with Crippen LogP contribution < -0.4 is 10.6 Å². The van der Waals surface area contributed by atoms with E-state index in [0.717, 1.165) is 37.8 Å². The van der Waals surface area contributed by atoms with E-state index in [2.05, 4.69) is 20.4 Å². The Morgan fingerprint density at radius 1 is 1.63 bits per heavy atom. The van der Waals surface area contributed by atoms with Crippen LogP contribution in [0.2, 0.25) is 0 Å². The van der Waals surface area contributed by atoms with Crippen LogP contribution in [-0.2, 0) is 4.74 Å². The third kappa shape index (κ3) is 4.21. The number of esters is 1. The lowest BCUT2D eigenvalue weighted by Gasteiger charge is -2.22. The summed E-state index contributed by atoms with van der Waals surface area (Å²) in [6.07, 6.45) is 5.30. The van der Waals surface area contributed by atoms with Gasteiger partial charge in [-0.25, -0.2) is 9.78 Å². The van der Waals surface area contributed by atoms with Gasteiger partial charge in [-0.1, -0.05) is 0 Å². The first-order valence-electron chi connectivity index (χ1n) is 6.78. The minimum absolute atomic E-state index is 0.332. The quantitative estimate of drug-likeness (QED) is 0.791. The second-order valence-electron chi connectivity index (χ2n) is 4.85. The lowest BCUT2D eigenvalue weighted by molar-refractivity contribution is 0.0600. The van der Waals surface area contributed by atoms with Gasteiger partial charge in [-0.3, -0.25) is 0 Å². The van der Waals surface area contributed by atoms with Crippen LogP contribution in [-0.4, -0.2) is 37.7 Å². The van der Waals surface area contributed by atoms with Gasteiger partial charge in [0, 0.05) is 12.7 Å². The molecule has 0 bridgehead atoms. The van der Waals surface area contributed by atoms with E-state index >= 15 is 0 Å². The molecule has 1 aromatic rings. The molecule has 1 unspecified atom stereocenters. The smallest absolute Gasteiger partial charge is 0.338 e. The fourth-order valence-electron chi connectivity index (χ4n) is 2.35. The average Bonchev–Trinajstić information content (AvgIpc) is 2.48. The largest absolute Gasteiger partial charge is 0.465 e. The van der Waals surface area contributed by atoms with Crippen molar-refractivity contribution < 1.29 is 9.53 Å². The van der Waals surface area contributed by atoms with Crippen molar-refractivity contribution in [1.29, 1.82) is 0 Å². The number of carbonyl (C=O) groups is 1. The molecule has 1 aliphatic rings. The zero-order valence-electron chi connectivity index (χ0n) is 11.3. The summed E-state index contributed by atoms with van der Waals surface area (Å²) in [6, 6.07) is 3.38. The maximum absolute atomic E-state index is 11.4. The van der Waals surface area contributed by atoms with Gasteiger partial charge < -0.3 is 15.4 Å². The van der Waals surface area contributed by atoms with E-state index in [-0.39, 0.29) is 5.97 Å². The fourth-order valence-corrected chi connectivity index (χ4v) is 2.35. The van der Waals surface area contributed by atoms with E-state index in [1.807, 2.05) is 0 Å². The first-order chi connectivity index (χ1) is 9.29. The van der Waals surface area contributed by atoms with Gasteiger partial charge in [0.15, 0.2) is 0 Å². The van der Waals surface area contributed by atoms with Crippen LogP contribution in [0.3, 0.4) is 0 Å². The van der Waals surface area contributed by atoms with Crippen LogP contribution in [0, 0.1) is 5.92 Å². The average molecular weight is 263 g/mol. The molecule has 2 rings (SSSR count). The second kappa shape index (κ2) is 7.09. The van der Waals surface area contributed by atoms with E-state index in [9.17, 15) is 4.79 Å². The summed E-state index contributed by atoms with van der Waals surface area (Å²) in [5.74, 6) is 1.14. The summed E-state index contributed by atoms with van der Waals surface area (Å²) in [5.41, 5.74) is 0.527. The van der Waals surface area contributed by atoms with Gasteiger partial charge in [0.1, 0.15) is 5.82 Å². The molecule has 1 atom stereocenters. The van der Waals surface area contributed by atoms with Gasteiger partial charge in [-0.15, -0.1) is 0 Å². The van der Waals surface area contributed by atoms with Crippen LogP contribution in [0.1, 0.15) is 29.6 Å². The predicted molar refractivity (Wildman–Crippen MR) is 74.3 cm³/mol. The number of carbonyl (C=O) groups excluding carboxylic acids is 1. The molecule has 0 amide bonds. The number of ether oxygens (including phenoxy) is 1. The molecule has 0 saturated carbocycles. The number of nitrogens with zero attached hydrogens (tertiary/aromatic N) is 1. The van der Waals surface area contributed by atoms with Gasteiger partial charge in [-0.05, 0) is 50.4 Å². The highest BCUT2D eigenvalue weighted by atomic mass is 16.5. The van der Waals surface area contributed by atoms with Crippen molar-refractivity contribution in [2.24, 2.45) is 5.92 Å². The molecule has 0 aromatic carbocycles. The number of hydrogen-bond acceptors (Lipinski definition) is 5. The summed E-state index contributed by atoms with van der Waals surface area (Å²) < 4.78 is 4.69. The van der Waals surface area contributed by atoms with Crippen molar-refractivity contribution in [3.8, 4) is 0 Å². The molecule has 1 saturated heterocycles. The van der Waals surface area contributed by atoms with Crippen molar-refractivity contribution in [2.45, 2.75) is 19.3 Å². The summed E-state index contributed by atoms with van der Waals surface area (Å²) >= 11 is 0. The standard InChI is InChI=1S/C14H21N3O2/c1-19-14(18)12-5-8-17-13(9-12)16-7-4-11-3-2-6-15-10-11/h5,8-9,11,15H,2-4,6-7,10H2,1H3,(H,16,17). The van der Waals surface area contributed by atoms with Gasteiger partial charge in [0.25, 0.3) is 0 Å². The molecule has 0 aliphatic carbocycles. The van der Waals surface area contributed by atoms with Crippen molar-refractivity contribution >= 4 is 11.8 Å². The molecule has 2 N–H and O–H groups in total. The van der Waals surface area contributed by atoms with E-state index < -0.39 is 0 Å². The molecule has 19 heavy (non-hydrogen) atoms. The Balaban J connectivity index is 1.80. The molecule has 5 nitrogen and oxygen atoms in total. The molecule has 0 radical (unpaired) electrons. The van der Waals surface area contributed by atoms with Crippen LogP contribution >= 0.6 is 0 Å². The molecular weight excluding hydrogens is 242 g/mol. The monoisotopic (exact) mass is 263 g/mol. The van der Waals surface area contributed by atoms with E-state index in [0.29, 0.717) is 5.56 Å². The first-order valence-corrected chi connectivity index (χ1v) is 6.78. The number of methoxy groups -OCH3 is 1. The molecule has 0 spiro atoms. The Bertz CT molecular complexity index is 417. The van der Waals surface area contributed by atoms with Crippen LogP contribution in [0.25, 0.3) is 0 Å². The van der Waals surface area contributed by atoms with Gasteiger partial charge in [0.2, 0.25) is 0 Å². The lowest BCUT2D eigenvalue weighted by Crippen LogP contribution is -2.30. The Morgan fingerprint density at radius 2 is 2.53 bits per heavy atom. The summed E-state index contributed by atoms with van der Waals surface area (Å²) in [5, 5.41) is 6.68. The fraction of sp³-hybridized carbons (Fsp3) is 0.571. The molecule has 104 valence electrons. The zero-order valence-corrected chi connectivity index (χ0v) is 11.3. The van der Waals surface area contributed by atoms with Crippen LogP contribution in [0.15, 0.2) is 18.3 Å². The lowest BCUT2D eigenvalue weighted by atomic mass is 9.96. The zero-order chi connectivity index (χ0) is 13.5. The third-order valence-corrected chi connectivity index (χ3v) is 3.44. The highest BCUT2D eigenvalue weighted by Gasteiger charge is 2.12. The highest BCUT2D eigenvalue weighted by molar-refractivity contribution is 5.89. The van der Waals surface area contributed by atoms with Crippen LogP contribution in [0.4, 0.5) is 5.82 Å². The predicted octanol–water partition coefficient (Wildman–Crippen LogP) is 1.67. The molecule has 5 heteroatoms. The number of anilines is 1. The SMILES string of the molecule is COC(=O)c1ccnc(NCCC2CCCNC2)c1. The van der Waals surface area contributed by atoms with E-state index in [1.54, 1.807) is 18.3 Å². The van der Waals surface area contributed by atoms with Gasteiger partial charge in [0.05, 0.1) is 12.7 Å². The van der Waals surface area contributed by atoms with Gasteiger partial charge in [-0.2, -0.15) is 0 Å². The van der Waals surface area contributed by atoms with Gasteiger partial charge >= 0.3 is 5.97 Å². The van der Waals surface area contributed by atoms with E-state index in [1.165, 1.54) is 20.0 Å². The normalized spacial score (nSPS) is 18.9.